The van der Waals surface area contributed by atoms with E-state index in [1.54, 1.807) is 13.8 Å². The molecule has 100 valence electrons. The monoisotopic (exact) mass is 290 g/mol. The Kier molecular flexibility index (Phi) is 4.72. The van der Waals surface area contributed by atoms with E-state index in [0.717, 1.165) is 0 Å². The van der Waals surface area contributed by atoms with Gasteiger partial charge < -0.3 is 5.73 Å². The SMILES string of the molecule is CC(C)C(NS(=O)(=O)c1ccc(Cl)cc1)C(N)=O. The smallest absolute Gasteiger partial charge is 0.241 e. The Bertz CT molecular complexity index is 526. The molecular weight excluding hydrogens is 276 g/mol. The number of carbonyl (C=O) groups is 1. The van der Waals surface area contributed by atoms with Crippen LogP contribution in [0.5, 0.6) is 0 Å². The molecule has 1 aromatic carbocycles. The number of benzene rings is 1. The average Bonchev–Trinajstić information content (AvgIpc) is 2.26. The molecule has 0 saturated carbocycles. The Hall–Kier alpha value is -1.11. The van der Waals surface area contributed by atoms with Gasteiger partial charge in [-0.05, 0) is 30.2 Å². The molecule has 0 aromatic heterocycles. The molecule has 7 heteroatoms. The molecule has 0 spiro atoms. The van der Waals surface area contributed by atoms with Crippen molar-refractivity contribution in [3.8, 4) is 0 Å². The van der Waals surface area contributed by atoms with Crippen LogP contribution in [0.15, 0.2) is 29.2 Å². The van der Waals surface area contributed by atoms with Gasteiger partial charge in [0.15, 0.2) is 0 Å². The van der Waals surface area contributed by atoms with Crippen molar-refractivity contribution in [2.24, 2.45) is 11.7 Å². The second-order valence-corrected chi connectivity index (χ2v) is 6.35. The topological polar surface area (TPSA) is 89.3 Å². The van der Waals surface area contributed by atoms with Crippen LogP contribution in [-0.2, 0) is 14.8 Å². The highest BCUT2D eigenvalue weighted by atomic mass is 35.5. The van der Waals surface area contributed by atoms with Crippen LogP contribution in [-0.4, -0.2) is 20.4 Å². The van der Waals surface area contributed by atoms with Gasteiger partial charge in [-0.25, -0.2) is 8.42 Å². The van der Waals surface area contributed by atoms with Gasteiger partial charge in [0, 0.05) is 5.02 Å². The predicted octanol–water partition coefficient (Wildman–Crippen LogP) is 1.13. The van der Waals surface area contributed by atoms with E-state index in [0.29, 0.717) is 5.02 Å². The van der Waals surface area contributed by atoms with Gasteiger partial charge in [0.2, 0.25) is 15.9 Å². The number of hydrogen-bond acceptors (Lipinski definition) is 3. The molecule has 0 saturated heterocycles. The summed E-state index contributed by atoms with van der Waals surface area (Å²) in [5.41, 5.74) is 5.16. The van der Waals surface area contributed by atoms with Crippen molar-refractivity contribution >= 4 is 27.5 Å². The first-order valence-electron chi connectivity index (χ1n) is 5.31. The summed E-state index contributed by atoms with van der Waals surface area (Å²) in [6.07, 6.45) is 0. The largest absolute Gasteiger partial charge is 0.368 e. The fourth-order valence-electron chi connectivity index (χ4n) is 1.37. The van der Waals surface area contributed by atoms with E-state index < -0.39 is 22.0 Å². The zero-order chi connectivity index (χ0) is 13.9. The van der Waals surface area contributed by atoms with Crippen LogP contribution < -0.4 is 10.5 Å². The Balaban J connectivity index is 3.01. The molecule has 1 unspecified atom stereocenters. The molecule has 0 fully saturated rings. The van der Waals surface area contributed by atoms with Crippen molar-refractivity contribution in [3.05, 3.63) is 29.3 Å². The average molecular weight is 291 g/mol. The number of nitrogens with one attached hydrogen (secondary N) is 1. The fraction of sp³-hybridized carbons (Fsp3) is 0.364. The first-order valence-corrected chi connectivity index (χ1v) is 7.17. The third-order valence-corrected chi connectivity index (χ3v) is 4.09. The van der Waals surface area contributed by atoms with Crippen molar-refractivity contribution in [1.82, 2.24) is 4.72 Å². The first kappa shape index (κ1) is 14.9. The van der Waals surface area contributed by atoms with E-state index in [4.69, 9.17) is 17.3 Å². The van der Waals surface area contributed by atoms with Crippen LogP contribution in [0, 0.1) is 5.92 Å². The quantitative estimate of drug-likeness (QED) is 0.852. The predicted molar refractivity (Wildman–Crippen MR) is 69.6 cm³/mol. The molecule has 0 aliphatic carbocycles. The van der Waals surface area contributed by atoms with Gasteiger partial charge in [0.25, 0.3) is 0 Å². The van der Waals surface area contributed by atoms with Gasteiger partial charge in [-0.3, -0.25) is 4.79 Å². The number of hydrogen-bond donors (Lipinski definition) is 2. The number of halogens is 1. The molecule has 1 amide bonds. The number of nitrogens with two attached hydrogens (primary N) is 1. The lowest BCUT2D eigenvalue weighted by molar-refractivity contribution is -0.120. The minimum Gasteiger partial charge on any atom is -0.368 e. The molecule has 3 N–H and O–H groups in total. The second-order valence-electron chi connectivity index (χ2n) is 4.20. The lowest BCUT2D eigenvalue weighted by atomic mass is 10.1. The molecule has 0 heterocycles. The summed E-state index contributed by atoms with van der Waals surface area (Å²) in [7, 11) is -3.78. The zero-order valence-corrected chi connectivity index (χ0v) is 11.6. The van der Waals surface area contributed by atoms with Crippen molar-refractivity contribution in [2.45, 2.75) is 24.8 Å². The maximum Gasteiger partial charge on any atom is 0.241 e. The number of rotatable bonds is 5. The summed E-state index contributed by atoms with van der Waals surface area (Å²) >= 11 is 5.68. The zero-order valence-electron chi connectivity index (χ0n) is 10.1. The highest BCUT2D eigenvalue weighted by molar-refractivity contribution is 7.89. The Labute approximate surface area is 111 Å². The molecule has 0 radical (unpaired) electrons. The standard InChI is InChI=1S/C11H15ClN2O3S/c1-7(2)10(11(13)15)14-18(16,17)9-5-3-8(12)4-6-9/h3-7,10,14H,1-2H3,(H2,13,15). The molecule has 1 atom stereocenters. The number of primary amides is 1. The van der Waals surface area contributed by atoms with Crippen LogP contribution in [0.2, 0.25) is 5.02 Å². The minimum atomic E-state index is -3.78. The van der Waals surface area contributed by atoms with E-state index >= 15 is 0 Å². The van der Waals surface area contributed by atoms with Gasteiger partial charge in [0.05, 0.1) is 4.90 Å². The van der Waals surface area contributed by atoms with Gasteiger partial charge in [-0.1, -0.05) is 25.4 Å². The van der Waals surface area contributed by atoms with E-state index in [2.05, 4.69) is 4.72 Å². The van der Waals surface area contributed by atoms with Crippen LogP contribution in [0.25, 0.3) is 0 Å². The summed E-state index contributed by atoms with van der Waals surface area (Å²) in [5.74, 6) is -0.938. The molecule has 0 aliphatic rings. The lowest BCUT2D eigenvalue weighted by Crippen LogP contribution is -2.47. The van der Waals surface area contributed by atoms with Crippen LogP contribution in [0.3, 0.4) is 0 Å². The normalized spacial score (nSPS) is 13.6. The van der Waals surface area contributed by atoms with Gasteiger partial charge in [-0.2, -0.15) is 4.72 Å². The molecule has 5 nitrogen and oxygen atoms in total. The highest BCUT2D eigenvalue weighted by Crippen LogP contribution is 2.15. The van der Waals surface area contributed by atoms with Gasteiger partial charge in [0.1, 0.15) is 6.04 Å². The maximum absolute atomic E-state index is 12.0. The van der Waals surface area contributed by atoms with Crippen molar-refractivity contribution in [2.75, 3.05) is 0 Å². The Morgan fingerprint density at radius 3 is 2.17 bits per heavy atom. The molecular formula is C11H15ClN2O3S. The van der Waals surface area contributed by atoms with Crippen LogP contribution in [0.4, 0.5) is 0 Å². The summed E-state index contributed by atoms with van der Waals surface area (Å²) in [5, 5.41) is 0.435. The fourth-order valence-corrected chi connectivity index (χ4v) is 2.85. The minimum absolute atomic E-state index is 0.0406. The van der Waals surface area contributed by atoms with Crippen molar-refractivity contribution in [3.63, 3.8) is 0 Å². The number of sulfonamides is 1. The van der Waals surface area contributed by atoms with Gasteiger partial charge in [-0.15, -0.1) is 0 Å². The van der Waals surface area contributed by atoms with E-state index in [-0.39, 0.29) is 10.8 Å². The van der Waals surface area contributed by atoms with Crippen LogP contribution >= 0.6 is 11.6 Å². The van der Waals surface area contributed by atoms with Crippen LogP contribution in [0.1, 0.15) is 13.8 Å². The number of amides is 1. The molecule has 0 bridgehead atoms. The van der Waals surface area contributed by atoms with Crippen molar-refractivity contribution < 1.29 is 13.2 Å². The Morgan fingerprint density at radius 1 is 1.28 bits per heavy atom. The van der Waals surface area contributed by atoms with E-state index in [9.17, 15) is 13.2 Å². The third-order valence-electron chi connectivity index (χ3n) is 2.38. The number of carbonyl (C=O) groups excluding carboxylic acids is 1. The van der Waals surface area contributed by atoms with Gasteiger partial charge >= 0.3 is 0 Å². The summed E-state index contributed by atoms with van der Waals surface area (Å²) in [4.78, 5) is 11.2. The molecule has 1 rings (SSSR count). The van der Waals surface area contributed by atoms with E-state index in [1.807, 2.05) is 0 Å². The third kappa shape index (κ3) is 3.69. The molecule has 18 heavy (non-hydrogen) atoms. The summed E-state index contributed by atoms with van der Waals surface area (Å²) in [6.45, 7) is 3.42. The van der Waals surface area contributed by atoms with Crippen molar-refractivity contribution in [1.29, 1.82) is 0 Å². The maximum atomic E-state index is 12.0. The molecule has 1 aromatic rings. The summed E-state index contributed by atoms with van der Waals surface area (Å²) < 4.78 is 26.3. The first-order chi connectivity index (χ1) is 8.24. The second kappa shape index (κ2) is 5.69. The summed E-state index contributed by atoms with van der Waals surface area (Å²) in [6, 6.07) is 4.72. The Morgan fingerprint density at radius 2 is 1.78 bits per heavy atom. The lowest BCUT2D eigenvalue weighted by Gasteiger charge is -2.18. The molecule has 0 aliphatic heterocycles. The van der Waals surface area contributed by atoms with E-state index in [1.165, 1.54) is 24.3 Å². The highest BCUT2D eigenvalue weighted by Gasteiger charge is 2.26.